The number of hydrogen-bond donors (Lipinski definition) is 2. The Morgan fingerprint density at radius 2 is 1.53 bits per heavy atom. The minimum atomic E-state index is -1.24. The third-order valence-corrected chi connectivity index (χ3v) is 3.59. The highest BCUT2D eigenvalue weighted by Crippen LogP contribution is 2.41. The van der Waals surface area contributed by atoms with Crippen LogP contribution in [0, 0.1) is 0 Å². The number of aliphatic hydroxyl groups excluding tert-OH is 1. The van der Waals surface area contributed by atoms with Gasteiger partial charge >= 0.3 is 0 Å². The van der Waals surface area contributed by atoms with Gasteiger partial charge < -0.3 is 10.2 Å². The molecule has 2 heteroatoms. The van der Waals surface area contributed by atoms with E-state index in [1.807, 2.05) is 30.3 Å². The van der Waals surface area contributed by atoms with Crippen molar-refractivity contribution in [2.75, 3.05) is 0 Å². The molecule has 0 radical (unpaired) electrons. The smallest absolute Gasteiger partial charge is 0.161 e. The minimum absolute atomic E-state index is 0.417. The summed E-state index contributed by atoms with van der Waals surface area (Å²) in [5.74, 6) is 0. The Balaban J connectivity index is 2.34. The van der Waals surface area contributed by atoms with Crippen LogP contribution in [0.4, 0.5) is 0 Å². The van der Waals surface area contributed by atoms with Gasteiger partial charge in [-0.2, -0.15) is 0 Å². The lowest BCUT2D eigenvalue weighted by molar-refractivity contribution is -0.111. The summed E-state index contributed by atoms with van der Waals surface area (Å²) in [7, 11) is 0. The van der Waals surface area contributed by atoms with Gasteiger partial charge in [0.2, 0.25) is 0 Å². The molecule has 1 aromatic carbocycles. The molecule has 1 saturated carbocycles. The van der Waals surface area contributed by atoms with Crippen LogP contribution in [0.3, 0.4) is 0 Å². The van der Waals surface area contributed by atoms with Crippen LogP contribution in [0.15, 0.2) is 30.3 Å². The van der Waals surface area contributed by atoms with Crippen LogP contribution in [-0.2, 0) is 5.41 Å². The van der Waals surface area contributed by atoms with Gasteiger partial charge in [0.15, 0.2) is 6.29 Å². The lowest BCUT2D eigenvalue weighted by atomic mass is 9.69. The highest BCUT2D eigenvalue weighted by Gasteiger charge is 2.39. The van der Waals surface area contributed by atoms with Crippen LogP contribution in [-0.4, -0.2) is 16.5 Å². The average molecular weight is 206 g/mol. The quantitative estimate of drug-likeness (QED) is 0.728. The fraction of sp³-hybridized carbons (Fsp3) is 0.538. The number of aliphatic hydroxyl groups is 2. The summed E-state index contributed by atoms with van der Waals surface area (Å²) in [6.45, 7) is 0. The lowest BCUT2D eigenvalue weighted by Crippen LogP contribution is -2.41. The van der Waals surface area contributed by atoms with Crippen LogP contribution in [0.2, 0.25) is 0 Å². The molecule has 0 aliphatic heterocycles. The van der Waals surface area contributed by atoms with Crippen molar-refractivity contribution in [3.8, 4) is 0 Å². The Bertz CT molecular complexity index is 300. The van der Waals surface area contributed by atoms with Crippen LogP contribution in [0.1, 0.15) is 37.7 Å². The van der Waals surface area contributed by atoms with Crippen molar-refractivity contribution in [1.29, 1.82) is 0 Å². The SMILES string of the molecule is OC(O)C1(c2ccccc2)CCCCC1. The summed E-state index contributed by atoms with van der Waals surface area (Å²) in [4.78, 5) is 0. The first-order chi connectivity index (χ1) is 7.26. The Kier molecular flexibility index (Phi) is 3.08. The zero-order valence-electron chi connectivity index (χ0n) is 8.89. The summed E-state index contributed by atoms with van der Waals surface area (Å²) >= 11 is 0. The zero-order valence-corrected chi connectivity index (χ0v) is 8.89. The second-order valence-electron chi connectivity index (χ2n) is 4.46. The van der Waals surface area contributed by atoms with Gasteiger partial charge in [-0.05, 0) is 18.4 Å². The summed E-state index contributed by atoms with van der Waals surface area (Å²) in [5.41, 5.74) is 0.652. The topological polar surface area (TPSA) is 40.5 Å². The van der Waals surface area contributed by atoms with Gasteiger partial charge in [0.25, 0.3) is 0 Å². The van der Waals surface area contributed by atoms with Gasteiger partial charge in [0.05, 0.1) is 0 Å². The van der Waals surface area contributed by atoms with Crippen molar-refractivity contribution in [2.45, 2.75) is 43.8 Å². The van der Waals surface area contributed by atoms with Crippen LogP contribution < -0.4 is 0 Å². The molecular weight excluding hydrogens is 188 g/mol. The van der Waals surface area contributed by atoms with Crippen molar-refractivity contribution in [3.05, 3.63) is 35.9 Å². The molecular formula is C13H18O2. The maximum Gasteiger partial charge on any atom is 0.161 e. The first-order valence-electron chi connectivity index (χ1n) is 5.67. The molecule has 2 N–H and O–H groups in total. The second kappa shape index (κ2) is 4.33. The van der Waals surface area contributed by atoms with E-state index in [1.54, 1.807) is 0 Å². The van der Waals surface area contributed by atoms with Crippen LogP contribution in [0.25, 0.3) is 0 Å². The van der Waals surface area contributed by atoms with E-state index < -0.39 is 11.7 Å². The third-order valence-electron chi connectivity index (χ3n) is 3.59. The Morgan fingerprint density at radius 3 is 2.07 bits per heavy atom. The van der Waals surface area contributed by atoms with Gasteiger partial charge in [-0.1, -0.05) is 49.6 Å². The molecule has 15 heavy (non-hydrogen) atoms. The Labute approximate surface area is 90.6 Å². The molecule has 1 aliphatic carbocycles. The van der Waals surface area contributed by atoms with Crippen molar-refractivity contribution >= 4 is 0 Å². The van der Waals surface area contributed by atoms with E-state index in [4.69, 9.17) is 0 Å². The summed E-state index contributed by atoms with van der Waals surface area (Å²) < 4.78 is 0. The molecule has 0 aromatic heterocycles. The molecule has 2 rings (SSSR count). The van der Waals surface area contributed by atoms with Gasteiger partial charge in [-0.3, -0.25) is 0 Å². The standard InChI is InChI=1S/C13H18O2/c14-12(15)13(9-5-2-6-10-13)11-7-3-1-4-8-11/h1,3-4,7-8,12,14-15H,2,5-6,9-10H2. The molecule has 0 saturated heterocycles. The Morgan fingerprint density at radius 1 is 0.933 bits per heavy atom. The second-order valence-corrected chi connectivity index (χ2v) is 4.46. The molecule has 0 amide bonds. The largest absolute Gasteiger partial charge is 0.367 e. The van der Waals surface area contributed by atoms with Crippen LogP contribution >= 0.6 is 0 Å². The van der Waals surface area contributed by atoms with Crippen molar-refractivity contribution < 1.29 is 10.2 Å². The van der Waals surface area contributed by atoms with Gasteiger partial charge in [0, 0.05) is 5.41 Å². The van der Waals surface area contributed by atoms with E-state index in [-0.39, 0.29) is 0 Å². The zero-order chi connectivity index (χ0) is 10.7. The molecule has 2 nitrogen and oxygen atoms in total. The molecule has 82 valence electrons. The maximum atomic E-state index is 9.64. The molecule has 0 heterocycles. The molecule has 0 atom stereocenters. The van der Waals surface area contributed by atoms with E-state index in [9.17, 15) is 10.2 Å². The fourth-order valence-electron chi connectivity index (χ4n) is 2.65. The van der Waals surface area contributed by atoms with Gasteiger partial charge in [0.1, 0.15) is 0 Å². The number of rotatable bonds is 2. The van der Waals surface area contributed by atoms with Gasteiger partial charge in [-0.15, -0.1) is 0 Å². The van der Waals surface area contributed by atoms with E-state index in [0.717, 1.165) is 31.2 Å². The summed E-state index contributed by atoms with van der Waals surface area (Å²) in [6, 6.07) is 9.90. The molecule has 1 aromatic rings. The molecule has 0 unspecified atom stereocenters. The van der Waals surface area contributed by atoms with E-state index in [2.05, 4.69) is 0 Å². The monoisotopic (exact) mass is 206 g/mol. The maximum absolute atomic E-state index is 9.64. The molecule has 1 fully saturated rings. The third kappa shape index (κ3) is 1.92. The summed E-state index contributed by atoms with van der Waals surface area (Å²) in [6.07, 6.45) is 3.92. The molecule has 0 spiro atoms. The number of benzene rings is 1. The highest BCUT2D eigenvalue weighted by molar-refractivity contribution is 5.26. The van der Waals surface area contributed by atoms with Crippen LogP contribution in [0.5, 0.6) is 0 Å². The van der Waals surface area contributed by atoms with E-state index in [1.165, 1.54) is 6.42 Å². The molecule has 1 aliphatic rings. The highest BCUT2D eigenvalue weighted by atomic mass is 16.5. The lowest BCUT2D eigenvalue weighted by Gasteiger charge is -2.39. The average Bonchev–Trinajstić information content (AvgIpc) is 2.31. The number of hydrogen-bond acceptors (Lipinski definition) is 2. The first kappa shape index (κ1) is 10.7. The normalized spacial score (nSPS) is 20.5. The predicted molar refractivity (Wildman–Crippen MR) is 59.4 cm³/mol. The predicted octanol–water partition coefficient (Wildman–Crippen LogP) is 2.20. The van der Waals surface area contributed by atoms with Crippen molar-refractivity contribution in [2.24, 2.45) is 0 Å². The van der Waals surface area contributed by atoms with Crippen molar-refractivity contribution in [1.82, 2.24) is 0 Å². The minimum Gasteiger partial charge on any atom is -0.367 e. The van der Waals surface area contributed by atoms with Crippen molar-refractivity contribution in [3.63, 3.8) is 0 Å². The summed E-state index contributed by atoms with van der Waals surface area (Å²) in [5, 5.41) is 19.3. The van der Waals surface area contributed by atoms with E-state index in [0.29, 0.717) is 0 Å². The fourth-order valence-corrected chi connectivity index (χ4v) is 2.65. The van der Waals surface area contributed by atoms with Gasteiger partial charge in [-0.25, -0.2) is 0 Å². The Hall–Kier alpha value is -0.860. The molecule has 0 bridgehead atoms. The van der Waals surface area contributed by atoms with E-state index >= 15 is 0 Å². The first-order valence-corrected chi connectivity index (χ1v) is 5.67.